The van der Waals surface area contributed by atoms with Gasteiger partial charge in [0.25, 0.3) is 5.91 Å². The molecule has 126 valence electrons. The molecule has 2 atom stereocenters. The molecule has 0 aromatic heterocycles. The third-order valence-corrected chi connectivity index (χ3v) is 3.95. The summed E-state index contributed by atoms with van der Waals surface area (Å²) in [7, 11) is 0. The Morgan fingerprint density at radius 1 is 1.17 bits per heavy atom. The second-order valence-corrected chi connectivity index (χ2v) is 5.71. The molecule has 1 heterocycles. The first-order chi connectivity index (χ1) is 11.5. The van der Waals surface area contributed by atoms with E-state index in [9.17, 15) is 18.7 Å². The topological polar surface area (TPSA) is 49.8 Å². The minimum Gasteiger partial charge on any atom is -0.476 e. The summed E-state index contributed by atoms with van der Waals surface area (Å²) in [5.74, 6) is -2.27. The summed E-state index contributed by atoms with van der Waals surface area (Å²) in [5, 5.41) is 9.63. The van der Waals surface area contributed by atoms with Gasteiger partial charge in [0.15, 0.2) is 11.6 Å². The van der Waals surface area contributed by atoms with Gasteiger partial charge in [0, 0.05) is 24.7 Å². The molecule has 0 saturated carbocycles. The van der Waals surface area contributed by atoms with E-state index >= 15 is 0 Å². The smallest absolute Gasteiger partial charge is 0.268 e. The lowest BCUT2D eigenvalue weighted by Crippen LogP contribution is -2.36. The Labute approximate surface area is 138 Å². The van der Waals surface area contributed by atoms with Crippen LogP contribution in [0.2, 0.25) is 0 Å². The molecular weight excluding hydrogens is 316 g/mol. The number of hydrogen-bond donors (Lipinski definition) is 1. The first kappa shape index (κ1) is 16.4. The van der Waals surface area contributed by atoms with Crippen molar-refractivity contribution in [2.75, 3.05) is 13.1 Å². The van der Waals surface area contributed by atoms with Crippen molar-refractivity contribution in [3.05, 3.63) is 65.7 Å². The molecule has 0 bridgehead atoms. The third kappa shape index (κ3) is 3.54. The number of likely N-dealkylation sites (tertiary alicyclic amines) is 1. The highest BCUT2D eigenvalue weighted by atomic mass is 19.2. The molecule has 1 N–H and O–H groups in total. The molecule has 4 nitrogen and oxygen atoms in total. The lowest BCUT2D eigenvalue weighted by atomic mass is 10.1. The van der Waals surface area contributed by atoms with Crippen LogP contribution in [0, 0.1) is 11.6 Å². The number of nitrogens with zero attached hydrogens (tertiary/aromatic N) is 1. The van der Waals surface area contributed by atoms with Crippen molar-refractivity contribution in [1.82, 2.24) is 4.90 Å². The van der Waals surface area contributed by atoms with Crippen molar-refractivity contribution in [1.29, 1.82) is 0 Å². The van der Waals surface area contributed by atoms with Gasteiger partial charge < -0.3 is 14.7 Å². The van der Waals surface area contributed by atoms with Gasteiger partial charge in [-0.1, -0.05) is 30.3 Å². The van der Waals surface area contributed by atoms with Crippen LogP contribution in [-0.4, -0.2) is 35.1 Å². The number of halogens is 2. The molecule has 0 aliphatic carbocycles. The Kier molecular flexibility index (Phi) is 4.76. The number of hydrogen-bond acceptors (Lipinski definition) is 3. The lowest BCUT2D eigenvalue weighted by molar-refractivity contribution is -0.138. The zero-order chi connectivity index (χ0) is 17.1. The second-order valence-electron chi connectivity index (χ2n) is 5.71. The largest absolute Gasteiger partial charge is 0.476 e. The van der Waals surface area contributed by atoms with E-state index in [2.05, 4.69) is 0 Å². The summed E-state index contributed by atoms with van der Waals surface area (Å²) in [5.41, 5.74) is 0.605. The summed E-state index contributed by atoms with van der Waals surface area (Å²) < 4.78 is 32.1. The number of carbonyl (C=O) groups is 1. The maximum Gasteiger partial charge on any atom is 0.268 e. The fourth-order valence-electron chi connectivity index (χ4n) is 2.68. The summed E-state index contributed by atoms with van der Waals surface area (Å²) in [4.78, 5) is 14.3. The van der Waals surface area contributed by atoms with Crippen molar-refractivity contribution in [3.63, 3.8) is 0 Å². The number of β-amino-alcohol motifs (C(OH)–C–C–N with tert-alkyl or cyclic N) is 1. The standard InChI is InChI=1S/C18H17F2NO3/c19-15-7-6-14(10-16(15)20)24-17(12-4-2-1-3-5-12)18(23)21-9-8-13(22)11-21/h1-7,10,13,17,22H,8-9,11H2/t13-,17?/m1/s1. The van der Waals surface area contributed by atoms with Gasteiger partial charge in [0.05, 0.1) is 6.10 Å². The number of aliphatic hydroxyl groups excluding tert-OH is 1. The van der Waals surface area contributed by atoms with E-state index in [1.807, 2.05) is 6.07 Å². The van der Waals surface area contributed by atoms with Gasteiger partial charge in [-0.25, -0.2) is 8.78 Å². The molecule has 1 aliphatic rings. The van der Waals surface area contributed by atoms with E-state index in [0.717, 1.165) is 12.1 Å². The van der Waals surface area contributed by atoms with Crippen LogP contribution in [0.15, 0.2) is 48.5 Å². The zero-order valence-corrected chi connectivity index (χ0v) is 12.9. The Balaban J connectivity index is 1.87. The number of rotatable bonds is 4. The van der Waals surface area contributed by atoms with E-state index in [0.29, 0.717) is 18.5 Å². The first-order valence-corrected chi connectivity index (χ1v) is 7.68. The fraction of sp³-hybridized carbons (Fsp3) is 0.278. The van der Waals surface area contributed by atoms with Crippen LogP contribution < -0.4 is 4.74 Å². The van der Waals surface area contributed by atoms with Gasteiger partial charge in [-0.3, -0.25) is 4.79 Å². The number of aliphatic hydroxyl groups is 1. The number of benzene rings is 2. The van der Waals surface area contributed by atoms with Crippen molar-refractivity contribution in [2.45, 2.75) is 18.6 Å². The minimum absolute atomic E-state index is 0.0656. The van der Waals surface area contributed by atoms with Crippen molar-refractivity contribution >= 4 is 5.91 Å². The number of amides is 1. The number of carbonyl (C=O) groups excluding carboxylic acids is 1. The van der Waals surface area contributed by atoms with Gasteiger partial charge in [0.2, 0.25) is 6.10 Å². The molecule has 1 aliphatic heterocycles. The minimum atomic E-state index is -1.04. The molecule has 0 spiro atoms. The maximum absolute atomic E-state index is 13.4. The van der Waals surface area contributed by atoms with Crippen LogP contribution in [-0.2, 0) is 4.79 Å². The molecule has 3 rings (SSSR count). The quantitative estimate of drug-likeness (QED) is 0.936. The zero-order valence-electron chi connectivity index (χ0n) is 12.9. The molecular formula is C18H17F2NO3. The molecule has 0 radical (unpaired) electrons. The average Bonchev–Trinajstić information content (AvgIpc) is 3.02. The van der Waals surface area contributed by atoms with E-state index in [1.54, 1.807) is 24.3 Å². The van der Waals surface area contributed by atoms with Crippen molar-refractivity contribution in [2.24, 2.45) is 0 Å². The van der Waals surface area contributed by atoms with E-state index < -0.39 is 23.8 Å². The highest BCUT2D eigenvalue weighted by Crippen LogP contribution is 2.26. The Bertz CT molecular complexity index is 723. The molecule has 1 unspecified atom stereocenters. The van der Waals surface area contributed by atoms with Crippen LogP contribution in [0.3, 0.4) is 0 Å². The summed E-state index contributed by atoms with van der Waals surface area (Å²) >= 11 is 0. The third-order valence-electron chi connectivity index (χ3n) is 3.95. The van der Waals surface area contributed by atoms with E-state index in [4.69, 9.17) is 4.74 Å². The molecule has 6 heteroatoms. The average molecular weight is 333 g/mol. The van der Waals surface area contributed by atoms with Crippen LogP contribution in [0.25, 0.3) is 0 Å². The van der Waals surface area contributed by atoms with E-state index in [-0.39, 0.29) is 18.2 Å². The molecule has 1 saturated heterocycles. The molecule has 1 fully saturated rings. The van der Waals surface area contributed by atoms with Gasteiger partial charge in [0.1, 0.15) is 5.75 Å². The lowest BCUT2D eigenvalue weighted by Gasteiger charge is -2.24. The van der Waals surface area contributed by atoms with Gasteiger partial charge >= 0.3 is 0 Å². The SMILES string of the molecule is O=C(C(Oc1ccc(F)c(F)c1)c1ccccc1)N1CC[C@@H](O)C1. The Hall–Kier alpha value is -2.47. The normalized spacial score (nSPS) is 18.5. The molecule has 24 heavy (non-hydrogen) atoms. The van der Waals surface area contributed by atoms with Crippen LogP contribution in [0.1, 0.15) is 18.1 Å². The van der Waals surface area contributed by atoms with Gasteiger partial charge in [-0.15, -0.1) is 0 Å². The highest BCUT2D eigenvalue weighted by molar-refractivity contribution is 5.83. The predicted molar refractivity (Wildman–Crippen MR) is 83.4 cm³/mol. The second kappa shape index (κ2) is 6.97. The fourth-order valence-corrected chi connectivity index (χ4v) is 2.68. The van der Waals surface area contributed by atoms with Crippen molar-refractivity contribution in [3.8, 4) is 5.75 Å². The Morgan fingerprint density at radius 2 is 1.92 bits per heavy atom. The summed E-state index contributed by atoms with van der Waals surface area (Å²) in [6.45, 7) is 0.674. The van der Waals surface area contributed by atoms with Crippen molar-refractivity contribution < 1.29 is 23.4 Å². The van der Waals surface area contributed by atoms with Crippen LogP contribution in [0.5, 0.6) is 5.75 Å². The molecule has 2 aromatic rings. The van der Waals surface area contributed by atoms with Crippen LogP contribution >= 0.6 is 0 Å². The van der Waals surface area contributed by atoms with E-state index in [1.165, 1.54) is 11.0 Å². The van der Waals surface area contributed by atoms with Crippen LogP contribution in [0.4, 0.5) is 8.78 Å². The highest BCUT2D eigenvalue weighted by Gasteiger charge is 2.32. The first-order valence-electron chi connectivity index (χ1n) is 7.68. The monoisotopic (exact) mass is 333 g/mol. The maximum atomic E-state index is 13.4. The number of ether oxygens (including phenoxy) is 1. The predicted octanol–water partition coefficient (Wildman–Crippen LogP) is 2.68. The van der Waals surface area contributed by atoms with Gasteiger partial charge in [-0.2, -0.15) is 0 Å². The summed E-state index contributed by atoms with van der Waals surface area (Å²) in [6.07, 6.45) is -1.02. The Morgan fingerprint density at radius 3 is 2.54 bits per heavy atom. The molecule has 2 aromatic carbocycles. The van der Waals surface area contributed by atoms with Gasteiger partial charge in [-0.05, 0) is 18.6 Å². The summed E-state index contributed by atoms with van der Waals surface area (Å²) in [6, 6.07) is 12.0. The molecule has 1 amide bonds.